The molecule has 2 rings (SSSR count). The zero-order chi connectivity index (χ0) is 12.3. The van der Waals surface area contributed by atoms with Gasteiger partial charge in [-0.2, -0.15) is 0 Å². The SMILES string of the molecule is CC[C@@H](c1cc(Br)ccc1F)N1CCNCC1.Cl.Cl. The molecule has 1 aromatic rings. The highest BCUT2D eigenvalue weighted by Gasteiger charge is 2.23. The summed E-state index contributed by atoms with van der Waals surface area (Å²) >= 11 is 3.42. The minimum atomic E-state index is -0.0985. The molecule has 0 spiro atoms. The summed E-state index contributed by atoms with van der Waals surface area (Å²) in [6.07, 6.45) is 0.938. The third-order valence-corrected chi connectivity index (χ3v) is 3.79. The van der Waals surface area contributed by atoms with Crippen LogP contribution >= 0.6 is 40.7 Å². The molecule has 1 aliphatic rings. The maximum absolute atomic E-state index is 13.9. The van der Waals surface area contributed by atoms with Crippen molar-refractivity contribution in [2.75, 3.05) is 26.2 Å². The van der Waals surface area contributed by atoms with Crippen LogP contribution < -0.4 is 5.32 Å². The van der Waals surface area contributed by atoms with E-state index in [1.54, 1.807) is 12.1 Å². The average Bonchev–Trinajstić information content (AvgIpc) is 2.36. The Balaban J connectivity index is 0.00000162. The lowest BCUT2D eigenvalue weighted by Crippen LogP contribution is -2.45. The quantitative estimate of drug-likeness (QED) is 0.867. The fraction of sp³-hybridized carbons (Fsp3) is 0.538. The Labute approximate surface area is 135 Å². The molecule has 0 bridgehead atoms. The summed E-state index contributed by atoms with van der Waals surface area (Å²) in [7, 11) is 0. The van der Waals surface area contributed by atoms with Crippen LogP contribution in [-0.2, 0) is 0 Å². The molecular formula is C13H20BrCl2FN2. The molecule has 0 amide bonds. The summed E-state index contributed by atoms with van der Waals surface area (Å²) in [6.45, 7) is 6.08. The van der Waals surface area contributed by atoms with Crippen LogP contribution in [0, 0.1) is 5.82 Å². The van der Waals surface area contributed by atoms with Crippen LogP contribution in [0.15, 0.2) is 22.7 Å². The topological polar surface area (TPSA) is 15.3 Å². The van der Waals surface area contributed by atoms with Gasteiger partial charge in [0.15, 0.2) is 0 Å². The Kier molecular flexibility index (Phi) is 9.20. The van der Waals surface area contributed by atoms with Gasteiger partial charge in [-0.1, -0.05) is 22.9 Å². The van der Waals surface area contributed by atoms with Crippen molar-refractivity contribution in [1.82, 2.24) is 10.2 Å². The van der Waals surface area contributed by atoms with Gasteiger partial charge >= 0.3 is 0 Å². The minimum Gasteiger partial charge on any atom is -0.314 e. The maximum atomic E-state index is 13.9. The summed E-state index contributed by atoms with van der Waals surface area (Å²) in [5, 5.41) is 3.33. The molecule has 1 saturated heterocycles. The zero-order valence-electron chi connectivity index (χ0n) is 10.9. The molecule has 0 aromatic heterocycles. The van der Waals surface area contributed by atoms with Crippen molar-refractivity contribution >= 4 is 40.7 Å². The Morgan fingerprint density at radius 1 is 1.32 bits per heavy atom. The Morgan fingerprint density at radius 3 is 2.53 bits per heavy atom. The van der Waals surface area contributed by atoms with Crippen LogP contribution in [0.5, 0.6) is 0 Å². The third-order valence-electron chi connectivity index (χ3n) is 3.30. The largest absolute Gasteiger partial charge is 0.314 e. The highest BCUT2D eigenvalue weighted by atomic mass is 79.9. The van der Waals surface area contributed by atoms with Gasteiger partial charge in [0.2, 0.25) is 0 Å². The van der Waals surface area contributed by atoms with Crippen LogP contribution in [0.4, 0.5) is 4.39 Å². The molecule has 6 heteroatoms. The third kappa shape index (κ3) is 4.87. The van der Waals surface area contributed by atoms with Gasteiger partial charge < -0.3 is 5.32 Å². The molecule has 1 aliphatic heterocycles. The van der Waals surface area contributed by atoms with E-state index in [9.17, 15) is 4.39 Å². The van der Waals surface area contributed by atoms with Crippen LogP contribution in [0.25, 0.3) is 0 Å². The number of benzene rings is 1. The minimum absolute atomic E-state index is 0. The lowest BCUT2D eigenvalue weighted by Gasteiger charge is -2.34. The van der Waals surface area contributed by atoms with Crippen LogP contribution in [0.1, 0.15) is 24.9 Å². The van der Waals surface area contributed by atoms with E-state index in [-0.39, 0.29) is 36.7 Å². The van der Waals surface area contributed by atoms with Gasteiger partial charge in [-0.3, -0.25) is 4.90 Å². The molecule has 1 heterocycles. The first-order valence-electron chi connectivity index (χ1n) is 6.12. The molecule has 1 aromatic carbocycles. The highest BCUT2D eigenvalue weighted by Crippen LogP contribution is 2.28. The lowest BCUT2D eigenvalue weighted by atomic mass is 10.0. The summed E-state index contributed by atoms with van der Waals surface area (Å²) in [4.78, 5) is 2.36. The second-order valence-corrected chi connectivity index (χ2v) is 5.29. The van der Waals surface area contributed by atoms with Gasteiger partial charge in [0.05, 0.1) is 0 Å². The molecule has 1 atom stereocenters. The standard InChI is InChI=1S/C13H18BrFN2.2ClH/c1-2-13(17-7-5-16-6-8-17)11-9-10(14)3-4-12(11)15;;/h3-4,9,13,16H,2,5-8H2,1H3;2*1H/t13-;;/m0../s1. The Morgan fingerprint density at radius 2 is 1.95 bits per heavy atom. The number of nitrogens with one attached hydrogen (secondary N) is 1. The normalized spacial score (nSPS) is 17.2. The zero-order valence-corrected chi connectivity index (χ0v) is 14.1. The first-order valence-corrected chi connectivity index (χ1v) is 6.91. The molecule has 110 valence electrons. The number of hydrogen-bond acceptors (Lipinski definition) is 2. The molecular weight excluding hydrogens is 354 g/mol. The van der Waals surface area contributed by atoms with E-state index in [1.165, 1.54) is 0 Å². The summed E-state index contributed by atoms with van der Waals surface area (Å²) in [5.41, 5.74) is 0.809. The van der Waals surface area contributed by atoms with E-state index in [0.29, 0.717) is 0 Å². The van der Waals surface area contributed by atoms with E-state index >= 15 is 0 Å². The number of nitrogens with zero attached hydrogens (tertiary/aromatic N) is 1. The van der Waals surface area contributed by atoms with Crippen molar-refractivity contribution in [1.29, 1.82) is 0 Å². The molecule has 1 N–H and O–H groups in total. The van der Waals surface area contributed by atoms with E-state index in [1.807, 2.05) is 6.07 Å². The van der Waals surface area contributed by atoms with Gasteiger partial charge in [-0.25, -0.2) is 4.39 Å². The van der Waals surface area contributed by atoms with E-state index in [0.717, 1.165) is 42.6 Å². The Hall–Kier alpha value is 0.130. The molecule has 2 nitrogen and oxygen atoms in total. The second-order valence-electron chi connectivity index (χ2n) is 4.38. The predicted octanol–water partition coefficient (Wildman–Crippen LogP) is 3.79. The summed E-state index contributed by atoms with van der Waals surface area (Å²) in [5.74, 6) is -0.0985. The van der Waals surface area contributed by atoms with Crippen molar-refractivity contribution in [3.63, 3.8) is 0 Å². The monoisotopic (exact) mass is 372 g/mol. The van der Waals surface area contributed by atoms with Gasteiger partial charge in [0, 0.05) is 42.3 Å². The predicted molar refractivity (Wildman–Crippen MR) is 86.1 cm³/mol. The molecule has 0 saturated carbocycles. The molecule has 0 aliphatic carbocycles. The lowest BCUT2D eigenvalue weighted by molar-refractivity contribution is 0.166. The van der Waals surface area contributed by atoms with Crippen molar-refractivity contribution in [3.05, 3.63) is 34.1 Å². The fourth-order valence-electron chi connectivity index (χ4n) is 2.44. The first-order chi connectivity index (χ1) is 8.22. The van der Waals surface area contributed by atoms with Crippen molar-refractivity contribution < 1.29 is 4.39 Å². The van der Waals surface area contributed by atoms with Gasteiger partial charge in [0.25, 0.3) is 0 Å². The number of piperazine rings is 1. The van der Waals surface area contributed by atoms with E-state index in [2.05, 4.69) is 33.1 Å². The van der Waals surface area contributed by atoms with E-state index in [4.69, 9.17) is 0 Å². The Bertz CT molecular complexity index is 387. The molecule has 0 radical (unpaired) electrons. The average molecular weight is 374 g/mol. The van der Waals surface area contributed by atoms with Gasteiger partial charge in [0.1, 0.15) is 5.82 Å². The fourth-order valence-corrected chi connectivity index (χ4v) is 2.82. The second kappa shape index (κ2) is 9.14. The number of rotatable bonds is 3. The number of halogens is 4. The summed E-state index contributed by atoms with van der Waals surface area (Å²) < 4.78 is 14.8. The smallest absolute Gasteiger partial charge is 0.128 e. The first kappa shape index (κ1) is 19.1. The van der Waals surface area contributed by atoms with Crippen LogP contribution in [-0.4, -0.2) is 31.1 Å². The number of hydrogen-bond donors (Lipinski definition) is 1. The van der Waals surface area contributed by atoms with E-state index < -0.39 is 0 Å². The van der Waals surface area contributed by atoms with Gasteiger partial charge in [-0.15, -0.1) is 24.8 Å². The van der Waals surface area contributed by atoms with Crippen molar-refractivity contribution in [2.45, 2.75) is 19.4 Å². The molecule has 19 heavy (non-hydrogen) atoms. The van der Waals surface area contributed by atoms with Crippen molar-refractivity contribution in [2.24, 2.45) is 0 Å². The van der Waals surface area contributed by atoms with Crippen molar-refractivity contribution in [3.8, 4) is 0 Å². The van der Waals surface area contributed by atoms with Crippen LogP contribution in [0.2, 0.25) is 0 Å². The highest BCUT2D eigenvalue weighted by molar-refractivity contribution is 9.10. The summed E-state index contributed by atoms with van der Waals surface area (Å²) in [6, 6.07) is 5.40. The maximum Gasteiger partial charge on any atom is 0.128 e. The molecule has 0 unspecified atom stereocenters. The van der Waals surface area contributed by atoms with Gasteiger partial charge in [-0.05, 0) is 24.6 Å². The molecule has 1 fully saturated rings. The van der Waals surface area contributed by atoms with Crippen LogP contribution in [0.3, 0.4) is 0 Å².